The number of benzene rings is 1. The number of hydrogen-bond donors (Lipinski definition) is 2. The number of rotatable bonds is 6. The zero-order chi connectivity index (χ0) is 13.6. The zero-order valence-corrected chi connectivity index (χ0v) is 11.6. The van der Waals surface area contributed by atoms with E-state index in [4.69, 9.17) is 5.73 Å². The van der Waals surface area contributed by atoms with Gasteiger partial charge >= 0.3 is 0 Å². The molecule has 1 aromatic rings. The van der Waals surface area contributed by atoms with Crippen LogP contribution in [0.2, 0.25) is 0 Å². The van der Waals surface area contributed by atoms with Gasteiger partial charge in [0.2, 0.25) is 0 Å². The molecule has 0 unspecified atom stereocenters. The summed E-state index contributed by atoms with van der Waals surface area (Å²) in [5.41, 5.74) is 7.77. The lowest BCUT2D eigenvalue weighted by molar-refractivity contribution is 0.608. The van der Waals surface area contributed by atoms with Crippen molar-refractivity contribution < 1.29 is 8.42 Å². The summed E-state index contributed by atoms with van der Waals surface area (Å²) in [5.74, 6) is 0. The first-order valence-corrected chi connectivity index (χ1v) is 7.73. The molecule has 0 aliphatic heterocycles. The van der Waals surface area contributed by atoms with Crippen molar-refractivity contribution in [1.29, 1.82) is 0 Å². The Balaban J connectivity index is 2.70. The predicted molar refractivity (Wildman–Crippen MR) is 74.9 cm³/mol. The third-order valence-corrected chi connectivity index (χ3v) is 3.29. The van der Waals surface area contributed by atoms with Gasteiger partial charge in [0.15, 0.2) is 9.84 Å². The van der Waals surface area contributed by atoms with Gasteiger partial charge in [0, 0.05) is 24.3 Å². The average Bonchev–Trinajstić information content (AvgIpc) is 2.34. The second-order valence-electron chi connectivity index (χ2n) is 4.28. The summed E-state index contributed by atoms with van der Waals surface area (Å²) in [7, 11) is -1.26. The fourth-order valence-electron chi connectivity index (χ4n) is 1.57. The van der Waals surface area contributed by atoms with Crippen LogP contribution in [0.15, 0.2) is 35.7 Å². The Bertz CT molecular complexity index is 492. The van der Waals surface area contributed by atoms with Crippen LogP contribution in [-0.4, -0.2) is 27.8 Å². The third kappa shape index (κ3) is 5.44. The Hall–Kier alpha value is -1.17. The van der Waals surface area contributed by atoms with Crippen molar-refractivity contribution in [2.24, 2.45) is 5.73 Å². The van der Waals surface area contributed by atoms with E-state index < -0.39 is 9.84 Å². The number of nitrogens with two attached hydrogens (primary N) is 1. The van der Waals surface area contributed by atoms with Crippen molar-refractivity contribution in [2.75, 3.05) is 13.3 Å². The molecule has 1 atom stereocenters. The molecule has 0 amide bonds. The minimum Gasteiger partial charge on any atom is -0.326 e. The van der Waals surface area contributed by atoms with Gasteiger partial charge in [0.25, 0.3) is 0 Å². The highest BCUT2D eigenvalue weighted by Gasteiger charge is 2.05. The van der Waals surface area contributed by atoms with Crippen molar-refractivity contribution in [3.63, 3.8) is 0 Å². The molecule has 0 heterocycles. The number of likely N-dealkylation sites (N-methyl/N-ethyl adjacent to an activating group) is 1. The molecule has 0 spiro atoms. The first kappa shape index (κ1) is 14.9. The second kappa shape index (κ2) is 6.68. The van der Waals surface area contributed by atoms with Crippen molar-refractivity contribution in [2.45, 2.75) is 19.0 Å². The Labute approximate surface area is 109 Å². The Kier molecular flexibility index (Phi) is 5.53. The van der Waals surface area contributed by atoms with Gasteiger partial charge in [-0.05, 0) is 24.6 Å². The van der Waals surface area contributed by atoms with Gasteiger partial charge in [-0.25, -0.2) is 8.42 Å². The van der Waals surface area contributed by atoms with E-state index in [1.165, 1.54) is 11.7 Å². The molecule has 18 heavy (non-hydrogen) atoms. The zero-order valence-electron chi connectivity index (χ0n) is 10.8. The molecule has 5 heteroatoms. The van der Waals surface area contributed by atoms with Gasteiger partial charge in [-0.3, -0.25) is 0 Å². The van der Waals surface area contributed by atoms with Crippen molar-refractivity contribution in [3.05, 3.63) is 46.9 Å². The fraction of sp³-hybridized carbons (Fsp3) is 0.385. The molecule has 0 aromatic heterocycles. The van der Waals surface area contributed by atoms with Crippen molar-refractivity contribution in [3.8, 4) is 0 Å². The lowest BCUT2D eigenvalue weighted by Gasteiger charge is -2.11. The molecular weight excluding hydrogens is 248 g/mol. The van der Waals surface area contributed by atoms with Gasteiger partial charge in [-0.2, -0.15) is 0 Å². The topological polar surface area (TPSA) is 72.2 Å². The summed E-state index contributed by atoms with van der Waals surface area (Å²) in [5, 5.41) is 4.31. The smallest absolute Gasteiger partial charge is 0.168 e. The van der Waals surface area contributed by atoms with E-state index >= 15 is 0 Å². The normalized spacial score (nSPS) is 13.9. The quantitative estimate of drug-likeness (QED) is 0.802. The Morgan fingerprint density at radius 2 is 1.83 bits per heavy atom. The molecule has 1 rings (SSSR count). The highest BCUT2D eigenvalue weighted by atomic mass is 32.2. The molecule has 100 valence electrons. The summed E-state index contributed by atoms with van der Waals surface area (Å²) in [6, 6.07) is 8.01. The predicted octanol–water partition coefficient (Wildman–Crippen LogP) is 0.834. The summed E-state index contributed by atoms with van der Waals surface area (Å²) in [4.78, 5) is 0. The van der Waals surface area contributed by atoms with Crippen molar-refractivity contribution >= 4 is 9.84 Å². The number of sulfone groups is 1. The summed E-state index contributed by atoms with van der Waals surface area (Å²) >= 11 is 0. The molecule has 0 fully saturated rings. The maximum atomic E-state index is 11.1. The average molecular weight is 268 g/mol. The fourth-order valence-corrected chi connectivity index (χ4v) is 2.04. The first-order valence-electron chi connectivity index (χ1n) is 5.78. The second-order valence-corrected chi connectivity index (χ2v) is 6.21. The molecule has 0 aliphatic rings. The van der Waals surface area contributed by atoms with Crippen LogP contribution in [-0.2, 0) is 22.8 Å². The van der Waals surface area contributed by atoms with Crippen molar-refractivity contribution in [1.82, 2.24) is 5.32 Å². The van der Waals surface area contributed by atoms with E-state index in [0.717, 1.165) is 17.5 Å². The number of nitrogens with one attached hydrogen (secondary N) is 1. The highest BCUT2D eigenvalue weighted by molar-refractivity contribution is 7.93. The van der Waals surface area contributed by atoms with E-state index in [9.17, 15) is 8.42 Å². The van der Waals surface area contributed by atoms with Crippen LogP contribution in [0.5, 0.6) is 0 Å². The molecule has 0 saturated heterocycles. The lowest BCUT2D eigenvalue weighted by atomic mass is 10.0. The Morgan fingerprint density at radius 3 is 2.28 bits per heavy atom. The van der Waals surface area contributed by atoms with Gasteiger partial charge in [0.05, 0.1) is 0 Å². The van der Waals surface area contributed by atoms with E-state index in [-0.39, 0.29) is 6.04 Å². The molecular formula is C13H20N2O2S. The maximum absolute atomic E-state index is 11.1. The molecule has 0 aliphatic carbocycles. The molecule has 0 bridgehead atoms. The van der Waals surface area contributed by atoms with Gasteiger partial charge in [0.1, 0.15) is 0 Å². The van der Waals surface area contributed by atoms with Crippen LogP contribution in [0.25, 0.3) is 0 Å². The van der Waals surface area contributed by atoms with E-state index in [0.29, 0.717) is 6.54 Å². The van der Waals surface area contributed by atoms with E-state index in [1.54, 1.807) is 6.08 Å². The first-order chi connectivity index (χ1) is 8.44. The van der Waals surface area contributed by atoms with Gasteiger partial charge in [-0.1, -0.05) is 30.3 Å². The summed E-state index contributed by atoms with van der Waals surface area (Å²) in [6.07, 6.45) is 3.60. The Morgan fingerprint density at radius 1 is 1.28 bits per heavy atom. The summed E-state index contributed by atoms with van der Waals surface area (Å²) in [6.45, 7) is 0.531. The molecule has 0 saturated carbocycles. The minimum atomic E-state index is -3.07. The standard InChI is InChI=1S/C13H20N2O2S/c1-15-13(7-8-18(2,16)17)9-11-3-5-12(10-14)6-4-11/h3-8,13,15H,9-10,14H2,1-2H3/b8-7+/t13-/m1/s1. The molecule has 3 N–H and O–H groups in total. The lowest BCUT2D eigenvalue weighted by Crippen LogP contribution is -2.25. The third-order valence-electron chi connectivity index (χ3n) is 2.64. The van der Waals surface area contributed by atoms with E-state index in [2.05, 4.69) is 5.32 Å². The summed E-state index contributed by atoms with van der Waals surface area (Å²) < 4.78 is 22.1. The molecule has 1 aromatic carbocycles. The van der Waals surface area contributed by atoms with Crippen LogP contribution < -0.4 is 11.1 Å². The highest BCUT2D eigenvalue weighted by Crippen LogP contribution is 2.07. The van der Waals surface area contributed by atoms with E-state index in [1.807, 2.05) is 31.3 Å². The SMILES string of the molecule is CN[C@H](/C=C/S(C)(=O)=O)Cc1ccc(CN)cc1. The van der Waals surface area contributed by atoms with Gasteiger partial charge < -0.3 is 11.1 Å². The van der Waals surface area contributed by atoms with Gasteiger partial charge in [-0.15, -0.1) is 0 Å². The van der Waals surface area contributed by atoms with Crippen LogP contribution in [0, 0.1) is 0 Å². The van der Waals surface area contributed by atoms with Crippen LogP contribution in [0.1, 0.15) is 11.1 Å². The number of hydrogen-bond acceptors (Lipinski definition) is 4. The minimum absolute atomic E-state index is 0.00320. The maximum Gasteiger partial charge on any atom is 0.168 e. The van der Waals surface area contributed by atoms with Crippen LogP contribution in [0.4, 0.5) is 0 Å². The van der Waals surface area contributed by atoms with Crippen LogP contribution >= 0.6 is 0 Å². The largest absolute Gasteiger partial charge is 0.326 e. The monoisotopic (exact) mass is 268 g/mol. The molecule has 0 radical (unpaired) electrons. The molecule has 4 nitrogen and oxygen atoms in total. The van der Waals surface area contributed by atoms with Crippen LogP contribution in [0.3, 0.4) is 0 Å².